The first-order valence-electron chi connectivity index (χ1n) is 7.22. The van der Waals surface area contributed by atoms with Crippen molar-refractivity contribution >= 4 is 17.2 Å². The molecule has 0 radical (unpaired) electrons. The van der Waals surface area contributed by atoms with E-state index in [0.29, 0.717) is 6.42 Å². The van der Waals surface area contributed by atoms with Crippen molar-refractivity contribution in [3.8, 4) is 0 Å². The summed E-state index contributed by atoms with van der Waals surface area (Å²) < 4.78 is 0. The number of benzene rings is 1. The van der Waals surface area contributed by atoms with E-state index >= 15 is 0 Å². The van der Waals surface area contributed by atoms with Crippen LogP contribution in [-0.4, -0.2) is 30.2 Å². The van der Waals surface area contributed by atoms with E-state index in [1.165, 1.54) is 5.69 Å². The van der Waals surface area contributed by atoms with E-state index in [-0.39, 0.29) is 11.9 Å². The summed E-state index contributed by atoms with van der Waals surface area (Å²) in [6.07, 6.45) is 1.44. The van der Waals surface area contributed by atoms with Crippen molar-refractivity contribution in [3.05, 3.63) is 24.3 Å². The maximum Gasteiger partial charge on any atom is 0.141 e. The molecule has 4 N–H and O–H groups in total. The average molecular weight is 278 g/mol. The van der Waals surface area contributed by atoms with Gasteiger partial charge >= 0.3 is 0 Å². The Morgan fingerprint density at radius 1 is 1.25 bits per heavy atom. The molecule has 112 valence electrons. The zero-order valence-electron chi connectivity index (χ0n) is 12.6. The smallest absolute Gasteiger partial charge is 0.141 e. The molecule has 0 aliphatic heterocycles. The predicted octanol–water partition coefficient (Wildman–Crippen LogP) is 2.86. The molecule has 0 aromatic heterocycles. The molecule has 0 aliphatic rings. The lowest BCUT2D eigenvalue weighted by atomic mass is 10.1. The molecule has 0 saturated heterocycles. The van der Waals surface area contributed by atoms with Gasteiger partial charge in [-0.3, -0.25) is 0 Å². The SMILES string of the molecule is CCC(CC(N)=NO)Nc1ccc(N(CC)CC)cc1. The number of hydrogen-bond acceptors (Lipinski definition) is 4. The molecule has 0 bridgehead atoms. The first kappa shape index (κ1) is 16.1. The topological polar surface area (TPSA) is 73.9 Å². The molecule has 0 amide bonds. The monoisotopic (exact) mass is 278 g/mol. The number of nitrogens with zero attached hydrogens (tertiary/aromatic N) is 2. The second-order valence-corrected chi connectivity index (χ2v) is 4.76. The fourth-order valence-corrected chi connectivity index (χ4v) is 2.18. The van der Waals surface area contributed by atoms with Crippen molar-refractivity contribution in [1.29, 1.82) is 0 Å². The molecule has 1 aromatic rings. The van der Waals surface area contributed by atoms with Crippen LogP contribution >= 0.6 is 0 Å². The molecule has 20 heavy (non-hydrogen) atoms. The van der Waals surface area contributed by atoms with Gasteiger partial charge in [0.25, 0.3) is 0 Å². The summed E-state index contributed by atoms with van der Waals surface area (Å²) in [5.74, 6) is 0.254. The van der Waals surface area contributed by atoms with Gasteiger partial charge in [-0.25, -0.2) is 0 Å². The Kier molecular flexibility index (Phi) is 6.70. The van der Waals surface area contributed by atoms with Crippen LogP contribution in [0.15, 0.2) is 29.4 Å². The summed E-state index contributed by atoms with van der Waals surface area (Å²) in [4.78, 5) is 2.30. The van der Waals surface area contributed by atoms with Crippen LogP contribution in [0.25, 0.3) is 0 Å². The minimum atomic E-state index is 0.171. The molecule has 0 saturated carbocycles. The largest absolute Gasteiger partial charge is 0.409 e. The fourth-order valence-electron chi connectivity index (χ4n) is 2.18. The first-order valence-corrected chi connectivity index (χ1v) is 7.22. The maximum atomic E-state index is 8.63. The average Bonchev–Trinajstić information content (AvgIpc) is 2.49. The fraction of sp³-hybridized carbons (Fsp3) is 0.533. The van der Waals surface area contributed by atoms with Crippen LogP contribution in [0, 0.1) is 0 Å². The molecule has 5 nitrogen and oxygen atoms in total. The van der Waals surface area contributed by atoms with Crippen molar-refractivity contribution in [2.45, 2.75) is 39.7 Å². The molecular formula is C15H26N4O. The summed E-state index contributed by atoms with van der Waals surface area (Å²) in [6.45, 7) is 8.39. The third-order valence-corrected chi connectivity index (χ3v) is 3.44. The van der Waals surface area contributed by atoms with Gasteiger partial charge in [0, 0.05) is 36.9 Å². The number of hydrogen-bond donors (Lipinski definition) is 3. The Morgan fingerprint density at radius 2 is 1.85 bits per heavy atom. The Hall–Kier alpha value is -1.91. The predicted molar refractivity (Wildman–Crippen MR) is 85.7 cm³/mol. The van der Waals surface area contributed by atoms with E-state index < -0.39 is 0 Å². The first-order chi connectivity index (χ1) is 9.64. The molecule has 0 fully saturated rings. The lowest BCUT2D eigenvalue weighted by molar-refractivity contribution is 0.316. The summed E-state index contributed by atoms with van der Waals surface area (Å²) in [7, 11) is 0. The van der Waals surface area contributed by atoms with Crippen molar-refractivity contribution in [2.75, 3.05) is 23.3 Å². The number of anilines is 2. The second-order valence-electron chi connectivity index (χ2n) is 4.76. The van der Waals surface area contributed by atoms with Crippen molar-refractivity contribution in [2.24, 2.45) is 10.9 Å². The maximum absolute atomic E-state index is 8.63. The lowest BCUT2D eigenvalue weighted by Gasteiger charge is -2.22. The zero-order valence-corrected chi connectivity index (χ0v) is 12.6. The Bertz CT molecular complexity index is 412. The van der Waals surface area contributed by atoms with Crippen LogP contribution in [-0.2, 0) is 0 Å². The highest BCUT2D eigenvalue weighted by molar-refractivity contribution is 5.80. The lowest BCUT2D eigenvalue weighted by Crippen LogP contribution is -2.26. The van der Waals surface area contributed by atoms with Gasteiger partial charge in [0.15, 0.2) is 0 Å². The van der Waals surface area contributed by atoms with Crippen molar-refractivity contribution in [1.82, 2.24) is 0 Å². The zero-order chi connectivity index (χ0) is 15.0. The van der Waals surface area contributed by atoms with E-state index in [1.54, 1.807) is 0 Å². The molecule has 0 spiro atoms. The molecule has 0 heterocycles. The van der Waals surface area contributed by atoms with Gasteiger partial charge in [-0.2, -0.15) is 0 Å². The number of amidine groups is 1. The van der Waals surface area contributed by atoms with E-state index in [9.17, 15) is 0 Å². The molecule has 0 aliphatic carbocycles. The van der Waals surface area contributed by atoms with Crippen LogP contribution in [0.2, 0.25) is 0 Å². The van der Waals surface area contributed by atoms with Crippen molar-refractivity contribution in [3.63, 3.8) is 0 Å². The highest BCUT2D eigenvalue weighted by atomic mass is 16.4. The third-order valence-electron chi connectivity index (χ3n) is 3.44. The summed E-state index contributed by atoms with van der Waals surface area (Å²) in [5, 5.41) is 15.1. The third kappa shape index (κ3) is 4.64. The van der Waals surface area contributed by atoms with Gasteiger partial charge in [-0.1, -0.05) is 12.1 Å². The summed E-state index contributed by atoms with van der Waals surface area (Å²) >= 11 is 0. The van der Waals surface area contributed by atoms with Crippen LogP contribution < -0.4 is 16.0 Å². The van der Waals surface area contributed by atoms with Gasteiger partial charge in [0.1, 0.15) is 5.84 Å². The van der Waals surface area contributed by atoms with Crippen LogP contribution in [0.3, 0.4) is 0 Å². The minimum absolute atomic E-state index is 0.171. The standard InChI is InChI=1S/C15H26N4O/c1-4-12(11-15(16)18-20)17-13-7-9-14(10-8-13)19(5-2)6-3/h7-10,12,17,20H,4-6,11H2,1-3H3,(H2,16,18). The van der Waals surface area contributed by atoms with Gasteiger partial charge in [-0.05, 0) is 44.5 Å². The van der Waals surface area contributed by atoms with Gasteiger partial charge in [0.05, 0.1) is 0 Å². The number of oxime groups is 1. The molecule has 1 atom stereocenters. The molecule has 1 rings (SSSR count). The highest BCUT2D eigenvalue weighted by Gasteiger charge is 2.09. The van der Waals surface area contributed by atoms with Crippen LogP contribution in [0.5, 0.6) is 0 Å². The van der Waals surface area contributed by atoms with Gasteiger partial charge in [0.2, 0.25) is 0 Å². The second kappa shape index (κ2) is 8.30. The van der Waals surface area contributed by atoms with E-state index in [0.717, 1.165) is 25.2 Å². The number of rotatable bonds is 8. The van der Waals surface area contributed by atoms with Gasteiger partial charge in [-0.15, -0.1) is 0 Å². The van der Waals surface area contributed by atoms with Crippen LogP contribution in [0.4, 0.5) is 11.4 Å². The van der Waals surface area contributed by atoms with E-state index in [1.807, 2.05) is 0 Å². The summed E-state index contributed by atoms with van der Waals surface area (Å²) in [5.41, 5.74) is 7.84. The highest BCUT2D eigenvalue weighted by Crippen LogP contribution is 2.19. The summed E-state index contributed by atoms with van der Waals surface area (Å²) in [6, 6.07) is 8.55. The Balaban J connectivity index is 2.68. The number of nitrogens with two attached hydrogens (primary N) is 1. The molecule has 1 aromatic carbocycles. The molecule has 5 heteroatoms. The Morgan fingerprint density at radius 3 is 2.30 bits per heavy atom. The minimum Gasteiger partial charge on any atom is -0.409 e. The quantitative estimate of drug-likeness (QED) is 0.296. The normalized spacial score (nSPS) is 13.1. The van der Waals surface area contributed by atoms with E-state index in [2.05, 4.69) is 60.4 Å². The number of nitrogens with one attached hydrogen (secondary N) is 1. The van der Waals surface area contributed by atoms with Crippen LogP contribution in [0.1, 0.15) is 33.6 Å². The van der Waals surface area contributed by atoms with E-state index in [4.69, 9.17) is 10.9 Å². The molecule has 1 unspecified atom stereocenters. The Labute approximate surface area is 121 Å². The van der Waals surface area contributed by atoms with Crippen molar-refractivity contribution < 1.29 is 5.21 Å². The van der Waals surface area contributed by atoms with Gasteiger partial charge < -0.3 is 21.2 Å². The molecular weight excluding hydrogens is 252 g/mol.